The number of hydrogen-bond donors (Lipinski definition) is 1. The molecule has 0 radical (unpaired) electrons. The van der Waals surface area contributed by atoms with Crippen LogP contribution in [0, 0.1) is 5.92 Å². The van der Waals surface area contributed by atoms with Crippen molar-refractivity contribution in [3.63, 3.8) is 0 Å². The lowest BCUT2D eigenvalue weighted by atomic mass is 9.86. The Morgan fingerprint density at radius 3 is 2.60 bits per heavy atom. The van der Waals surface area contributed by atoms with Crippen LogP contribution in [0.15, 0.2) is 36.5 Å². The highest BCUT2D eigenvalue weighted by molar-refractivity contribution is 5.99. The van der Waals surface area contributed by atoms with Crippen molar-refractivity contribution in [1.82, 2.24) is 4.98 Å². The van der Waals surface area contributed by atoms with Crippen molar-refractivity contribution >= 4 is 23.1 Å². The molecule has 35 heavy (non-hydrogen) atoms. The minimum Gasteiger partial charge on any atom is -0.381 e. The Morgan fingerprint density at radius 2 is 1.80 bits per heavy atom. The van der Waals surface area contributed by atoms with E-state index in [9.17, 15) is 4.79 Å². The molecule has 1 aromatic carbocycles. The molecule has 1 saturated carbocycles. The second-order valence-corrected chi connectivity index (χ2v) is 10.3. The number of rotatable bonds is 4. The van der Waals surface area contributed by atoms with Gasteiger partial charge in [0.15, 0.2) is 0 Å². The molecule has 3 aliphatic heterocycles. The van der Waals surface area contributed by atoms with E-state index in [4.69, 9.17) is 14.2 Å². The van der Waals surface area contributed by atoms with Gasteiger partial charge in [-0.1, -0.05) is 12.1 Å². The van der Waals surface area contributed by atoms with Crippen molar-refractivity contribution < 1.29 is 19.0 Å². The Labute approximate surface area is 207 Å². The van der Waals surface area contributed by atoms with E-state index in [-0.39, 0.29) is 24.0 Å². The standard InChI is InChI=1S/C28H35N3O4/c32-28(20-3-6-23(7-4-20)35-24-11-15-34-18-24)31-17-22-2-1-12-29-27(22)30-25-8-5-21(16-26(25)31)19-9-13-33-14-10-19/h1-2,5,8,12,16,19-20,23-24H,3-4,6-7,9-11,13-15,17-18H2,(H,29,30)/t20-,23+,24?. The van der Waals surface area contributed by atoms with E-state index in [0.717, 1.165) is 87.5 Å². The summed E-state index contributed by atoms with van der Waals surface area (Å²) < 4.78 is 17.3. The predicted molar refractivity (Wildman–Crippen MR) is 134 cm³/mol. The third-order valence-corrected chi connectivity index (χ3v) is 8.04. The zero-order valence-electron chi connectivity index (χ0n) is 20.3. The second kappa shape index (κ2) is 10.2. The van der Waals surface area contributed by atoms with Crippen LogP contribution >= 0.6 is 0 Å². The fourth-order valence-electron chi connectivity index (χ4n) is 5.98. The Morgan fingerprint density at radius 1 is 0.971 bits per heavy atom. The molecular formula is C28H35N3O4. The first-order valence-electron chi connectivity index (χ1n) is 13.2. The van der Waals surface area contributed by atoms with Gasteiger partial charge in [-0.2, -0.15) is 0 Å². The van der Waals surface area contributed by atoms with E-state index in [2.05, 4.69) is 34.6 Å². The lowest BCUT2D eigenvalue weighted by Crippen LogP contribution is -2.39. The average Bonchev–Trinajstić information content (AvgIpc) is 3.36. The van der Waals surface area contributed by atoms with Gasteiger partial charge in [0.25, 0.3) is 0 Å². The first-order valence-corrected chi connectivity index (χ1v) is 13.2. The Balaban J connectivity index is 1.24. The number of nitrogens with zero attached hydrogens (tertiary/aromatic N) is 2. The van der Waals surface area contributed by atoms with E-state index >= 15 is 0 Å². The predicted octanol–water partition coefficient (Wildman–Crippen LogP) is 4.93. The van der Waals surface area contributed by atoms with E-state index in [1.165, 1.54) is 5.56 Å². The minimum atomic E-state index is 0.0208. The number of anilines is 3. The summed E-state index contributed by atoms with van der Waals surface area (Å²) >= 11 is 0. The SMILES string of the molecule is O=C([C@H]1CC[C@@H](OC2CCOC2)CC1)N1Cc2cccnc2Nc2ccc(C3CCOCC3)cc21. The third kappa shape index (κ3) is 4.95. The van der Waals surface area contributed by atoms with Gasteiger partial charge in [0.1, 0.15) is 5.82 Å². The number of carbonyl (C=O) groups is 1. The number of nitrogens with one attached hydrogen (secondary N) is 1. The summed E-state index contributed by atoms with van der Waals surface area (Å²) in [5.74, 6) is 1.55. The summed E-state index contributed by atoms with van der Waals surface area (Å²) in [6.45, 7) is 3.65. The molecule has 2 aromatic rings. The number of amides is 1. The molecule has 1 atom stereocenters. The molecule has 1 unspecified atom stereocenters. The van der Waals surface area contributed by atoms with Crippen molar-refractivity contribution in [2.24, 2.45) is 5.92 Å². The number of carbonyl (C=O) groups excluding carboxylic acids is 1. The highest BCUT2D eigenvalue weighted by atomic mass is 16.5. The Bertz CT molecular complexity index is 1040. The molecule has 3 fully saturated rings. The van der Waals surface area contributed by atoms with Gasteiger partial charge in [0, 0.05) is 37.5 Å². The van der Waals surface area contributed by atoms with Gasteiger partial charge < -0.3 is 24.4 Å². The monoisotopic (exact) mass is 477 g/mol. The molecule has 0 spiro atoms. The van der Waals surface area contributed by atoms with Crippen molar-refractivity contribution in [2.75, 3.05) is 36.6 Å². The second-order valence-electron chi connectivity index (χ2n) is 10.3. The lowest BCUT2D eigenvalue weighted by Gasteiger charge is -2.33. The summed E-state index contributed by atoms with van der Waals surface area (Å²) in [6.07, 6.45) is 8.92. The van der Waals surface area contributed by atoms with E-state index in [0.29, 0.717) is 19.1 Å². The molecule has 0 bridgehead atoms. The van der Waals surface area contributed by atoms with Crippen LogP contribution in [0.25, 0.3) is 0 Å². The van der Waals surface area contributed by atoms with Crippen LogP contribution in [-0.2, 0) is 25.5 Å². The smallest absolute Gasteiger partial charge is 0.230 e. The van der Waals surface area contributed by atoms with Crippen molar-refractivity contribution in [2.45, 2.75) is 69.6 Å². The quantitative estimate of drug-likeness (QED) is 0.673. The highest BCUT2D eigenvalue weighted by Crippen LogP contribution is 2.40. The fourth-order valence-corrected chi connectivity index (χ4v) is 5.98. The number of pyridine rings is 1. The van der Waals surface area contributed by atoms with Gasteiger partial charge in [0.2, 0.25) is 5.91 Å². The molecule has 6 rings (SSSR count). The van der Waals surface area contributed by atoms with Crippen molar-refractivity contribution in [3.8, 4) is 0 Å². The van der Waals surface area contributed by atoms with Crippen LogP contribution in [0.5, 0.6) is 0 Å². The van der Waals surface area contributed by atoms with Gasteiger partial charge >= 0.3 is 0 Å². The zero-order valence-corrected chi connectivity index (χ0v) is 20.3. The molecule has 4 heterocycles. The summed E-state index contributed by atoms with van der Waals surface area (Å²) in [7, 11) is 0. The molecule has 1 aliphatic carbocycles. The van der Waals surface area contributed by atoms with Crippen LogP contribution in [0.1, 0.15) is 62.0 Å². The third-order valence-electron chi connectivity index (χ3n) is 8.04. The van der Waals surface area contributed by atoms with Crippen LogP contribution in [0.3, 0.4) is 0 Å². The van der Waals surface area contributed by atoms with Gasteiger partial charge in [0.05, 0.1) is 36.7 Å². The van der Waals surface area contributed by atoms with Crippen molar-refractivity contribution in [3.05, 3.63) is 47.7 Å². The highest BCUT2D eigenvalue weighted by Gasteiger charge is 2.34. The lowest BCUT2D eigenvalue weighted by molar-refractivity contribution is -0.125. The maximum absolute atomic E-state index is 14.0. The van der Waals surface area contributed by atoms with Gasteiger partial charge in [-0.3, -0.25) is 4.79 Å². The van der Waals surface area contributed by atoms with Crippen LogP contribution in [-0.4, -0.2) is 49.5 Å². The first kappa shape index (κ1) is 23.0. The Kier molecular flexibility index (Phi) is 6.72. The van der Waals surface area contributed by atoms with Crippen molar-refractivity contribution in [1.29, 1.82) is 0 Å². The molecule has 7 nitrogen and oxygen atoms in total. The van der Waals surface area contributed by atoms with Gasteiger partial charge in [-0.15, -0.1) is 0 Å². The van der Waals surface area contributed by atoms with E-state index < -0.39 is 0 Å². The summed E-state index contributed by atoms with van der Waals surface area (Å²) in [5.41, 5.74) is 4.26. The molecule has 1 aromatic heterocycles. The average molecular weight is 478 g/mol. The largest absolute Gasteiger partial charge is 0.381 e. The molecule has 1 amide bonds. The summed E-state index contributed by atoms with van der Waals surface area (Å²) in [5, 5.41) is 3.51. The molecular weight excluding hydrogens is 442 g/mol. The van der Waals surface area contributed by atoms with Crippen LogP contribution < -0.4 is 10.2 Å². The molecule has 2 saturated heterocycles. The summed E-state index contributed by atoms with van der Waals surface area (Å²) in [4.78, 5) is 20.6. The fraction of sp³-hybridized carbons (Fsp3) is 0.571. The normalized spacial score (nSPS) is 27.0. The Hall–Kier alpha value is -2.48. The maximum Gasteiger partial charge on any atom is 0.230 e. The van der Waals surface area contributed by atoms with E-state index in [1.54, 1.807) is 6.20 Å². The number of ether oxygens (including phenoxy) is 3. The first-order chi connectivity index (χ1) is 17.2. The number of aromatic nitrogens is 1. The number of hydrogen-bond acceptors (Lipinski definition) is 6. The van der Waals surface area contributed by atoms with Gasteiger partial charge in [-0.25, -0.2) is 4.98 Å². The topological polar surface area (TPSA) is 72.9 Å². The van der Waals surface area contributed by atoms with Gasteiger partial charge in [-0.05, 0) is 74.6 Å². The minimum absolute atomic E-state index is 0.0208. The van der Waals surface area contributed by atoms with E-state index in [1.807, 2.05) is 11.0 Å². The molecule has 186 valence electrons. The maximum atomic E-state index is 14.0. The van der Waals surface area contributed by atoms with Crippen LogP contribution in [0.2, 0.25) is 0 Å². The van der Waals surface area contributed by atoms with Crippen LogP contribution in [0.4, 0.5) is 17.2 Å². The molecule has 7 heteroatoms. The molecule has 4 aliphatic rings. The zero-order chi connectivity index (χ0) is 23.6. The summed E-state index contributed by atoms with van der Waals surface area (Å²) in [6, 6.07) is 10.6. The number of benzene rings is 1. The molecule has 1 N–H and O–H groups in total. The number of fused-ring (bicyclic) bond motifs is 2.